The van der Waals surface area contributed by atoms with Crippen molar-refractivity contribution in [1.82, 2.24) is 5.32 Å². The highest BCUT2D eigenvalue weighted by Gasteiger charge is 2.32. The van der Waals surface area contributed by atoms with Gasteiger partial charge >= 0.3 is 6.09 Å². The maximum absolute atomic E-state index is 12.7. The zero-order valence-corrected chi connectivity index (χ0v) is 17.4. The summed E-state index contributed by atoms with van der Waals surface area (Å²) in [5.41, 5.74) is 6.59. The van der Waals surface area contributed by atoms with Gasteiger partial charge in [-0.15, -0.1) is 0 Å². The summed E-state index contributed by atoms with van der Waals surface area (Å²) in [5, 5.41) is 12.3. The normalized spacial score (nSPS) is 16.5. The molecule has 31 heavy (non-hydrogen) atoms. The lowest BCUT2D eigenvalue weighted by Crippen LogP contribution is -2.34. The van der Waals surface area contributed by atoms with Crippen LogP contribution in [0.15, 0.2) is 71.6 Å². The van der Waals surface area contributed by atoms with Crippen LogP contribution in [0.25, 0.3) is 10.8 Å². The van der Waals surface area contributed by atoms with Gasteiger partial charge in [0.2, 0.25) is 0 Å². The molecule has 0 spiro atoms. The summed E-state index contributed by atoms with van der Waals surface area (Å²) in [5.74, 6) is -0.356. The minimum Gasteiger partial charge on any atom is -0.443 e. The van der Waals surface area contributed by atoms with Gasteiger partial charge in [-0.2, -0.15) is 0 Å². The molecule has 4 N–H and O–H groups in total. The van der Waals surface area contributed by atoms with Crippen molar-refractivity contribution in [3.8, 4) is 0 Å². The molecule has 1 heterocycles. The van der Waals surface area contributed by atoms with Crippen molar-refractivity contribution in [3.05, 3.63) is 72.3 Å². The van der Waals surface area contributed by atoms with Crippen molar-refractivity contribution >= 4 is 38.2 Å². The number of nitrogens with two attached hydrogens (primary N) is 1. The fourth-order valence-electron chi connectivity index (χ4n) is 3.48. The number of amides is 1. The molecule has 0 saturated carbocycles. The van der Waals surface area contributed by atoms with Gasteiger partial charge in [-0.3, -0.25) is 15.6 Å². The Morgan fingerprint density at radius 3 is 2.65 bits per heavy atom. The highest BCUT2D eigenvalue weighted by molar-refractivity contribution is 7.91. The van der Waals surface area contributed by atoms with E-state index in [0.29, 0.717) is 11.3 Å². The molecule has 0 radical (unpaired) electrons. The van der Waals surface area contributed by atoms with Crippen LogP contribution in [-0.2, 0) is 14.6 Å². The molecule has 4 rings (SSSR count). The van der Waals surface area contributed by atoms with E-state index in [-0.39, 0.29) is 29.7 Å². The van der Waals surface area contributed by atoms with Gasteiger partial charge in [-0.1, -0.05) is 42.5 Å². The van der Waals surface area contributed by atoms with E-state index in [9.17, 15) is 13.2 Å². The van der Waals surface area contributed by atoms with Crippen LogP contribution < -0.4 is 16.0 Å². The van der Waals surface area contributed by atoms with Crippen LogP contribution in [-0.4, -0.2) is 45.4 Å². The number of nitrogen functional groups attached to an aromatic ring is 1. The molecule has 1 aliphatic rings. The number of amidine groups is 1. The van der Waals surface area contributed by atoms with Crippen LogP contribution in [0.1, 0.15) is 5.56 Å². The molecule has 3 aromatic carbocycles. The van der Waals surface area contributed by atoms with Crippen LogP contribution in [0, 0.1) is 5.41 Å². The third-order valence-electron chi connectivity index (χ3n) is 5.09. The van der Waals surface area contributed by atoms with E-state index in [1.165, 1.54) is 4.90 Å². The smallest absolute Gasteiger partial charge is 0.414 e. The molecule has 1 unspecified atom stereocenters. The van der Waals surface area contributed by atoms with E-state index in [2.05, 4.69) is 5.32 Å². The lowest BCUT2D eigenvalue weighted by molar-refractivity contribution is 0.141. The summed E-state index contributed by atoms with van der Waals surface area (Å²) in [6, 6.07) is 19.4. The largest absolute Gasteiger partial charge is 0.443 e. The number of hydrogen-bond donors (Lipinski definition) is 3. The number of carbonyl (C=O) groups is 1. The Morgan fingerprint density at radius 1 is 1.10 bits per heavy atom. The summed E-state index contributed by atoms with van der Waals surface area (Å²) in [7, 11) is -3.54. The second kappa shape index (κ2) is 8.37. The van der Waals surface area contributed by atoms with E-state index in [1.807, 2.05) is 24.3 Å². The maximum Gasteiger partial charge on any atom is 0.414 e. The molecule has 1 amide bonds. The van der Waals surface area contributed by atoms with Crippen molar-refractivity contribution in [2.24, 2.45) is 5.73 Å². The molecule has 1 atom stereocenters. The quantitative estimate of drug-likeness (QED) is 0.384. The van der Waals surface area contributed by atoms with E-state index in [0.717, 1.165) is 10.8 Å². The number of fused-ring (bicyclic) bond motifs is 1. The third-order valence-corrected chi connectivity index (χ3v) is 6.64. The molecule has 1 aliphatic heterocycles. The molecule has 1 fully saturated rings. The SMILES string of the molecule is N=C(N)c1cccc(N2CC(CNCS(=O)(=O)c3ccc4ccccc4c3)OC2=O)c1. The molecule has 0 aromatic heterocycles. The Labute approximate surface area is 180 Å². The molecule has 0 bridgehead atoms. The lowest BCUT2D eigenvalue weighted by atomic mass is 10.1. The van der Waals surface area contributed by atoms with Crippen molar-refractivity contribution in [2.75, 3.05) is 23.9 Å². The Hall–Kier alpha value is -3.43. The number of hydrogen-bond acceptors (Lipinski definition) is 6. The van der Waals surface area contributed by atoms with Crippen LogP contribution in [0.4, 0.5) is 10.5 Å². The minimum atomic E-state index is -3.54. The first kappa shape index (κ1) is 20.8. The first-order chi connectivity index (χ1) is 14.8. The zero-order valence-electron chi connectivity index (χ0n) is 16.6. The Morgan fingerprint density at radius 2 is 1.87 bits per heavy atom. The summed E-state index contributed by atoms with van der Waals surface area (Å²) in [6.07, 6.45) is -1.02. The van der Waals surface area contributed by atoms with Crippen molar-refractivity contribution in [1.29, 1.82) is 5.41 Å². The molecule has 1 saturated heterocycles. The van der Waals surface area contributed by atoms with Crippen molar-refractivity contribution in [3.63, 3.8) is 0 Å². The fourth-order valence-corrected chi connectivity index (χ4v) is 4.61. The highest BCUT2D eigenvalue weighted by Crippen LogP contribution is 2.23. The number of anilines is 1. The van der Waals surface area contributed by atoms with Gasteiger partial charge in [-0.05, 0) is 35.0 Å². The number of carbonyl (C=O) groups excluding carboxylic acids is 1. The van der Waals surface area contributed by atoms with Crippen LogP contribution >= 0.6 is 0 Å². The lowest BCUT2D eigenvalue weighted by Gasteiger charge is -2.14. The van der Waals surface area contributed by atoms with Gasteiger partial charge in [0.25, 0.3) is 0 Å². The zero-order chi connectivity index (χ0) is 22.0. The predicted octanol–water partition coefficient (Wildman–Crippen LogP) is 2.47. The van der Waals surface area contributed by atoms with E-state index < -0.39 is 22.0 Å². The number of nitrogens with one attached hydrogen (secondary N) is 2. The summed E-state index contributed by atoms with van der Waals surface area (Å²) < 4.78 is 30.7. The first-order valence-electron chi connectivity index (χ1n) is 9.68. The van der Waals surface area contributed by atoms with Crippen LogP contribution in [0.2, 0.25) is 0 Å². The summed E-state index contributed by atoms with van der Waals surface area (Å²) in [4.78, 5) is 13.9. The van der Waals surface area contributed by atoms with Gasteiger partial charge in [0.1, 0.15) is 17.8 Å². The molecular formula is C22H22N4O4S. The van der Waals surface area contributed by atoms with Crippen molar-refractivity contribution in [2.45, 2.75) is 11.0 Å². The second-order valence-electron chi connectivity index (χ2n) is 7.30. The Balaban J connectivity index is 1.38. The topological polar surface area (TPSA) is 126 Å². The number of cyclic esters (lactones) is 1. The number of benzene rings is 3. The van der Waals surface area contributed by atoms with E-state index in [4.69, 9.17) is 15.9 Å². The first-order valence-corrected chi connectivity index (χ1v) is 11.3. The van der Waals surface area contributed by atoms with Gasteiger partial charge in [0.05, 0.1) is 11.4 Å². The average Bonchev–Trinajstić information content (AvgIpc) is 3.13. The molecule has 9 heteroatoms. The van der Waals surface area contributed by atoms with E-state index >= 15 is 0 Å². The molecule has 8 nitrogen and oxygen atoms in total. The maximum atomic E-state index is 12.7. The van der Waals surface area contributed by atoms with Gasteiger partial charge < -0.3 is 10.5 Å². The van der Waals surface area contributed by atoms with E-state index in [1.54, 1.807) is 42.5 Å². The standard InChI is InChI=1S/C22H22N4O4S/c23-21(24)17-6-3-7-18(10-17)26-13-19(30-22(26)27)12-25-14-31(28,29)20-9-8-15-4-1-2-5-16(15)11-20/h1-11,19,25H,12-14H2,(H3,23,24). The summed E-state index contributed by atoms with van der Waals surface area (Å²) in [6.45, 7) is 0.463. The third kappa shape index (κ3) is 4.52. The number of rotatable bonds is 7. The van der Waals surface area contributed by atoms with Crippen molar-refractivity contribution < 1.29 is 17.9 Å². The van der Waals surface area contributed by atoms with Gasteiger partial charge in [0.15, 0.2) is 9.84 Å². The fraction of sp³-hybridized carbons (Fsp3) is 0.182. The number of ether oxygens (including phenoxy) is 1. The molecule has 3 aromatic rings. The number of nitrogens with zero attached hydrogens (tertiary/aromatic N) is 1. The predicted molar refractivity (Wildman–Crippen MR) is 119 cm³/mol. The van der Waals surface area contributed by atoms with Crippen LogP contribution in [0.5, 0.6) is 0 Å². The molecule has 0 aliphatic carbocycles. The Kier molecular flexibility index (Phi) is 5.62. The highest BCUT2D eigenvalue weighted by atomic mass is 32.2. The minimum absolute atomic E-state index is 0.0912. The van der Waals surface area contributed by atoms with Crippen LogP contribution in [0.3, 0.4) is 0 Å². The average molecular weight is 439 g/mol. The molecule has 160 valence electrons. The second-order valence-corrected chi connectivity index (χ2v) is 9.29. The van der Waals surface area contributed by atoms with Gasteiger partial charge in [-0.25, -0.2) is 13.2 Å². The summed E-state index contributed by atoms with van der Waals surface area (Å²) >= 11 is 0. The number of sulfone groups is 1. The Bertz CT molecular complexity index is 1260. The molecular weight excluding hydrogens is 416 g/mol. The van der Waals surface area contributed by atoms with Gasteiger partial charge in [0, 0.05) is 17.8 Å². The monoisotopic (exact) mass is 438 g/mol.